The van der Waals surface area contributed by atoms with Crippen LogP contribution in [-0.2, 0) is 9.57 Å². The first-order chi connectivity index (χ1) is 9.15. The topological polar surface area (TPSA) is 30.8 Å². The van der Waals surface area contributed by atoms with Crippen molar-refractivity contribution in [3.8, 4) is 0 Å². The Morgan fingerprint density at radius 2 is 2.26 bits per heavy atom. The minimum atomic E-state index is -0.385. The maximum Gasteiger partial charge on any atom is 0.287 e. The van der Waals surface area contributed by atoms with Gasteiger partial charge in [0, 0.05) is 0 Å². The fourth-order valence-electron chi connectivity index (χ4n) is 1.72. The lowest BCUT2D eigenvalue weighted by Gasteiger charge is -2.06. The molecular formula is C15H19NO2S. The molecule has 2 heterocycles. The molecule has 1 aromatic heterocycles. The molecule has 1 unspecified atom stereocenters. The standard InChI is InChI=1S/C15H19NO2S/c1-11(2)6-4-7-12(3)10-14-17-15(16-18-14)13-8-5-9-19-13/h5-6,8-10,14H,4,7H2,1-3H3/b12-10+. The second-order valence-electron chi connectivity index (χ2n) is 4.80. The van der Waals surface area contributed by atoms with E-state index in [2.05, 4.69) is 32.0 Å². The van der Waals surface area contributed by atoms with Gasteiger partial charge in [-0.05, 0) is 56.3 Å². The predicted octanol–water partition coefficient (Wildman–Crippen LogP) is 4.48. The first-order valence-corrected chi connectivity index (χ1v) is 7.28. The Labute approximate surface area is 118 Å². The van der Waals surface area contributed by atoms with Gasteiger partial charge in [0.25, 0.3) is 12.2 Å². The Balaban J connectivity index is 1.84. The zero-order valence-corrected chi connectivity index (χ0v) is 12.4. The van der Waals surface area contributed by atoms with Crippen LogP contribution in [0.1, 0.15) is 38.5 Å². The Morgan fingerprint density at radius 3 is 2.95 bits per heavy atom. The SMILES string of the molecule is CC(C)=CCC/C(C)=C/C1ON=C(c2cccs2)O1. The van der Waals surface area contributed by atoms with E-state index in [1.807, 2.05) is 23.6 Å². The smallest absolute Gasteiger partial charge is 0.287 e. The van der Waals surface area contributed by atoms with Crippen LogP contribution >= 0.6 is 11.3 Å². The normalized spacial score (nSPS) is 18.6. The molecule has 4 heteroatoms. The van der Waals surface area contributed by atoms with Gasteiger partial charge < -0.3 is 9.57 Å². The van der Waals surface area contributed by atoms with Crippen molar-refractivity contribution in [2.45, 2.75) is 39.9 Å². The van der Waals surface area contributed by atoms with Crippen molar-refractivity contribution in [3.05, 3.63) is 45.7 Å². The molecule has 0 radical (unpaired) electrons. The molecule has 19 heavy (non-hydrogen) atoms. The van der Waals surface area contributed by atoms with Crippen LogP contribution in [-0.4, -0.2) is 12.2 Å². The quantitative estimate of drug-likeness (QED) is 0.743. The molecule has 1 aromatic rings. The van der Waals surface area contributed by atoms with Crippen LogP contribution in [0.25, 0.3) is 0 Å². The van der Waals surface area contributed by atoms with E-state index in [4.69, 9.17) is 9.57 Å². The molecule has 3 nitrogen and oxygen atoms in total. The minimum absolute atomic E-state index is 0.385. The summed E-state index contributed by atoms with van der Waals surface area (Å²) in [6.45, 7) is 6.32. The molecule has 0 aromatic carbocycles. The Kier molecular flexibility index (Phi) is 4.80. The number of hydrogen-bond acceptors (Lipinski definition) is 4. The largest absolute Gasteiger partial charge is 0.428 e. The third kappa shape index (κ3) is 4.24. The van der Waals surface area contributed by atoms with Crippen LogP contribution in [0, 0.1) is 0 Å². The first-order valence-electron chi connectivity index (χ1n) is 6.40. The minimum Gasteiger partial charge on any atom is -0.428 e. The second kappa shape index (κ2) is 6.57. The molecule has 0 saturated heterocycles. The zero-order valence-electron chi connectivity index (χ0n) is 11.6. The molecule has 0 fully saturated rings. The zero-order chi connectivity index (χ0) is 13.7. The van der Waals surface area contributed by atoms with Crippen molar-refractivity contribution in [1.82, 2.24) is 0 Å². The van der Waals surface area contributed by atoms with Crippen LogP contribution in [0.3, 0.4) is 0 Å². The Bertz CT molecular complexity index is 496. The van der Waals surface area contributed by atoms with E-state index in [1.54, 1.807) is 11.3 Å². The van der Waals surface area contributed by atoms with Gasteiger partial charge in [-0.25, -0.2) is 0 Å². The van der Waals surface area contributed by atoms with Gasteiger partial charge in [0.05, 0.1) is 4.88 Å². The average molecular weight is 277 g/mol. The number of ether oxygens (including phenoxy) is 1. The number of hydrogen-bond donors (Lipinski definition) is 0. The van der Waals surface area contributed by atoms with Crippen molar-refractivity contribution in [2.75, 3.05) is 0 Å². The van der Waals surface area contributed by atoms with Gasteiger partial charge >= 0.3 is 0 Å². The Hall–Kier alpha value is -1.55. The maximum absolute atomic E-state index is 5.65. The first kappa shape index (κ1) is 13.9. The summed E-state index contributed by atoms with van der Waals surface area (Å²) in [6, 6.07) is 3.94. The third-order valence-electron chi connectivity index (χ3n) is 2.71. The average Bonchev–Trinajstić information content (AvgIpc) is 2.97. The Morgan fingerprint density at radius 1 is 1.42 bits per heavy atom. The highest BCUT2D eigenvalue weighted by Crippen LogP contribution is 2.20. The van der Waals surface area contributed by atoms with Crippen molar-refractivity contribution in [3.63, 3.8) is 0 Å². The monoisotopic (exact) mass is 277 g/mol. The van der Waals surface area contributed by atoms with Gasteiger partial charge in [-0.2, -0.15) is 0 Å². The molecule has 1 aliphatic rings. The highest BCUT2D eigenvalue weighted by molar-refractivity contribution is 7.12. The molecule has 0 amide bonds. The van der Waals surface area contributed by atoms with Crippen LogP contribution in [0.4, 0.5) is 0 Å². The number of allylic oxidation sites excluding steroid dienone is 3. The summed E-state index contributed by atoms with van der Waals surface area (Å²) < 4.78 is 5.65. The van der Waals surface area contributed by atoms with Gasteiger partial charge in [0.2, 0.25) is 0 Å². The molecule has 1 aliphatic heterocycles. The lowest BCUT2D eigenvalue weighted by Crippen LogP contribution is -2.09. The van der Waals surface area contributed by atoms with Crippen LogP contribution in [0.15, 0.2) is 46.0 Å². The lowest BCUT2D eigenvalue weighted by atomic mass is 10.1. The summed E-state index contributed by atoms with van der Waals surface area (Å²) in [5, 5.41) is 5.96. The van der Waals surface area contributed by atoms with E-state index >= 15 is 0 Å². The summed E-state index contributed by atoms with van der Waals surface area (Å²) in [6.07, 6.45) is 5.91. The lowest BCUT2D eigenvalue weighted by molar-refractivity contribution is -0.00950. The van der Waals surface area contributed by atoms with Crippen molar-refractivity contribution in [2.24, 2.45) is 5.16 Å². The fourth-order valence-corrected chi connectivity index (χ4v) is 2.37. The molecule has 1 atom stereocenters. The highest BCUT2D eigenvalue weighted by atomic mass is 32.1. The van der Waals surface area contributed by atoms with E-state index in [9.17, 15) is 0 Å². The summed E-state index contributed by atoms with van der Waals surface area (Å²) in [7, 11) is 0. The number of thiophene rings is 1. The van der Waals surface area contributed by atoms with E-state index in [-0.39, 0.29) is 6.29 Å². The van der Waals surface area contributed by atoms with Gasteiger partial charge in [-0.1, -0.05) is 23.3 Å². The van der Waals surface area contributed by atoms with Crippen molar-refractivity contribution >= 4 is 17.2 Å². The molecule has 0 spiro atoms. The van der Waals surface area contributed by atoms with Crippen molar-refractivity contribution in [1.29, 1.82) is 0 Å². The van der Waals surface area contributed by atoms with Gasteiger partial charge in [0.15, 0.2) is 0 Å². The third-order valence-corrected chi connectivity index (χ3v) is 3.57. The summed E-state index contributed by atoms with van der Waals surface area (Å²) >= 11 is 1.59. The van der Waals surface area contributed by atoms with E-state index in [1.165, 1.54) is 11.1 Å². The number of nitrogens with zero attached hydrogens (tertiary/aromatic N) is 1. The second-order valence-corrected chi connectivity index (χ2v) is 5.75. The van der Waals surface area contributed by atoms with E-state index < -0.39 is 0 Å². The summed E-state index contributed by atoms with van der Waals surface area (Å²) in [5.74, 6) is 0.577. The van der Waals surface area contributed by atoms with Crippen LogP contribution in [0.2, 0.25) is 0 Å². The maximum atomic E-state index is 5.65. The van der Waals surface area contributed by atoms with Crippen molar-refractivity contribution < 1.29 is 9.57 Å². The molecule has 0 aliphatic carbocycles. The fraction of sp³-hybridized carbons (Fsp3) is 0.400. The molecule has 2 rings (SSSR count). The highest BCUT2D eigenvalue weighted by Gasteiger charge is 2.21. The predicted molar refractivity (Wildman–Crippen MR) is 79.2 cm³/mol. The van der Waals surface area contributed by atoms with Gasteiger partial charge in [-0.15, -0.1) is 11.3 Å². The molecule has 0 bridgehead atoms. The summed E-state index contributed by atoms with van der Waals surface area (Å²) in [4.78, 5) is 6.27. The van der Waals surface area contributed by atoms with Gasteiger partial charge in [0.1, 0.15) is 0 Å². The summed E-state index contributed by atoms with van der Waals surface area (Å²) in [5.41, 5.74) is 2.61. The molecule has 0 N–H and O–H groups in total. The van der Waals surface area contributed by atoms with E-state index in [0.29, 0.717) is 5.90 Å². The van der Waals surface area contributed by atoms with Gasteiger partial charge in [-0.3, -0.25) is 0 Å². The number of oxime groups is 1. The molecule has 102 valence electrons. The van der Waals surface area contributed by atoms with Crippen LogP contribution in [0.5, 0.6) is 0 Å². The van der Waals surface area contributed by atoms with E-state index in [0.717, 1.165) is 17.7 Å². The molecule has 0 saturated carbocycles. The van der Waals surface area contributed by atoms with Crippen LogP contribution < -0.4 is 0 Å². The number of rotatable bonds is 5. The molecular weight excluding hydrogens is 258 g/mol.